The predicted molar refractivity (Wildman–Crippen MR) is 74.9 cm³/mol. The molecule has 1 heterocycles. The number of nitrogens with two attached hydrogens (primary N) is 1. The van der Waals surface area contributed by atoms with E-state index in [2.05, 4.69) is 24.1 Å². The lowest BCUT2D eigenvalue weighted by molar-refractivity contribution is -0.118. The van der Waals surface area contributed by atoms with Gasteiger partial charge >= 0.3 is 0 Å². The Labute approximate surface area is 112 Å². The Morgan fingerprint density at radius 3 is 2.41 bits per heavy atom. The minimum Gasteiger partial charge on any atom is -0.320 e. The number of hydrogen-bond donors (Lipinski definition) is 2. The van der Waals surface area contributed by atoms with Gasteiger partial charge in [0.2, 0.25) is 5.91 Å². The van der Waals surface area contributed by atoms with Gasteiger partial charge in [-0.05, 0) is 11.8 Å². The molecule has 1 atom stereocenters. The maximum absolute atomic E-state index is 11.7. The summed E-state index contributed by atoms with van der Waals surface area (Å²) < 4.78 is 0. The molecule has 1 rings (SSSR count). The second-order valence-corrected chi connectivity index (χ2v) is 5.35. The number of hydrogen-bond acceptors (Lipinski definition) is 4. The van der Waals surface area contributed by atoms with Gasteiger partial charge in [0.05, 0.1) is 11.7 Å². The van der Waals surface area contributed by atoms with Gasteiger partial charge in [0.15, 0.2) is 5.13 Å². The van der Waals surface area contributed by atoms with E-state index in [1.54, 1.807) is 0 Å². The van der Waals surface area contributed by atoms with Crippen molar-refractivity contribution >= 4 is 34.8 Å². The number of carbonyl (C=O) groups is 1. The summed E-state index contributed by atoms with van der Waals surface area (Å²) in [6, 6.07) is -0.480. The van der Waals surface area contributed by atoms with Crippen LogP contribution in [0, 0.1) is 5.92 Å². The maximum Gasteiger partial charge on any atom is 0.243 e. The number of nitrogens with zero attached hydrogens (tertiary/aromatic N) is 1. The van der Waals surface area contributed by atoms with Crippen LogP contribution in [0.25, 0.3) is 0 Å². The Balaban J connectivity index is 0.00000256. The fourth-order valence-corrected chi connectivity index (χ4v) is 1.98. The minimum atomic E-state index is -0.480. The lowest BCUT2D eigenvalue weighted by atomic mass is 10.1. The zero-order valence-corrected chi connectivity index (χ0v) is 12.2. The molecule has 0 unspecified atom stereocenters. The van der Waals surface area contributed by atoms with Crippen molar-refractivity contribution in [1.29, 1.82) is 0 Å². The van der Waals surface area contributed by atoms with E-state index in [9.17, 15) is 4.79 Å². The molecule has 0 aliphatic heterocycles. The number of nitrogens with one attached hydrogen (secondary N) is 1. The van der Waals surface area contributed by atoms with E-state index in [1.165, 1.54) is 11.3 Å². The van der Waals surface area contributed by atoms with Crippen LogP contribution in [-0.2, 0) is 4.79 Å². The Bertz CT molecular complexity index is 365. The number of rotatable bonds is 4. The molecule has 0 fully saturated rings. The predicted octanol–water partition coefficient (Wildman–Crippen LogP) is 2.61. The van der Waals surface area contributed by atoms with Gasteiger partial charge in [0, 0.05) is 5.38 Å². The van der Waals surface area contributed by atoms with Gasteiger partial charge in [-0.2, -0.15) is 0 Å². The Morgan fingerprint density at radius 1 is 1.41 bits per heavy atom. The Kier molecular flexibility index (Phi) is 6.67. The van der Waals surface area contributed by atoms with Gasteiger partial charge in [-0.1, -0.05) is 27.7 Å². The molecule has 1 aromatic rings. The van der Waals surface area contributed by atoms with Crippen LogP contribution in [0.2, 0.25) is 0 Å². The number of thiazole rings is 1. The lowest BCUT2D eigenvalue weighted by Crippen LogP contribution is -2.39. The summed E-state index contributed by atoms with van der Waals surface area (Å²) >= 11 is 1.44. The van der Waals surface area contributed by atoms with Crippen molar-refractivity contribution in [2.45, 2.75) is 39.7 Å². The van der Waals surface area contributed by atoms with Gasteiger partial charge in [-0.3, -0.25) is 4.79 Å². The first-order valence-corrected chi connectivity index (χ1v) is 6.31. The topological polar surface area (TPSA) is 68.0 Å². The van der Waals surface area contributed by atoms with Gasteiger partial charge < -0.3 is 11.1 Å². The fraction of sp³-hybridized carbons (Fsp3) is 0.636. The highest BCUT2D eigenvalue weighted by molar-refractivity contribution is 7.13. The Hall–Kier alpha value is -0.650. The molecule has 0 spiro atoms. The van der Waals surface area contributed by atoms with Crippen molar-refractivity contribution in [3.05, 3.63) is 11.1 Å². The summed E-state index contributed by atoms with van der Waals surface area (Å²) in [5, 5.41) is 5.33. The van der Waals surface area contributed by atoms with E-state index in [0.717, 1.165) is 5.69 Å². The lowest BCUT2D eigenvalue weighted by Gasteiger charge is -2.13. The van der Waals surface area contributed by atoms with Gasteiger partial charge in [-0.15, -0.1) is 23.7 Å². The number of halogens is 1. The van der Waals surface area contributed by atoms with Crippen molar-refractivity contribution < 1.29 is 4.79 Å². The molecular formula is C11H20ClN3OS. The molecule has 3 N–H and O–H groups in total. The maximum atomic E-state index is 11.7. The van der Waals surface area contributed by atoms with Crippen molar-refractivity contribution in [2.75, 3.05) is 5.32 Å². The van der Waals surface area contributed by atoms with E-state index in [4.69, 9.17) is 5.73 Å². The molecule has 1 aromatic heterocycles. The highest BCUT2D eigenvalue weighted by Crippen LogP contribution is 2.21. The molecule has 17 heavy (non-hydrogen) atoms. The zero-order chi connectivity index (χ0) is 12.3. The molecule has 0 aliphatic carbocycles. The van der Waals surface area contributed by atoms with E-state index >= 15 is 0 Å². The molecule has 0 bridgehead atoms. The summed E-state index contributed by atoms with van der Waals surface area (Å²) in [5.74, 6) is 0.338. The average molecular weight is 278 g/mol. The van der Waals surface area contributed by atoms with Crippen LogP contribution in [0.3, 0.4) is 0 Å². The third-order valence-corrected chi connectivity index (χ3v) is 3.14. The second-order valence-electron chi connectivity index (χ2n) is 4.49. The number of carbonyl (C=O) groups excluding carboxylic acids is 1. The van der Waals surface area contributed by atoms with Crippen LogP contribution < -0.4 is 11.1 Å². The first-order chi connectivity index (χ1) is 7.41. The summed E-state index contributed by atoms with van der Waals surface area (Å²) in [6.45, 7) is 7.98. The quantitative estimate of drug-likeness (QED) is 0.889. The standard InChI is InChI=1S/C11H19N3OS.ClH/c1-6(2)8-5-16-11(13-8)14-10(15)9(12)7(3)4;/h5-7,9H,12H2,1-4H3,(H,13,14,15);1H/t9-;/m0./s1. The summed E-state index contributed by atoms with van der Waals surface area (Å²) in [4.78, 5) is 16.0. The summed E-state index contributed by atoms with van der Waals surface area (Å²) in [7, 11) is 0. The molecule has 6 heteroatoms. The largest absolute Gasteiger partial charge is 0.320 e. The third-order valence-electron chi connectivity index (χ3n) is 2.36. The molecule has 0 saturated heterocycles. The number of amides is 1. The monoisotopic (exact) mass is 277 g/mol. The zero-order valence-electron chi connectivity index (χ0n) is 10.6. The molecular weight excluding hydrogens is 258 g/mol. The third kappa shape index (κ3) is 4.61. The van der Waals surface area contributed by atoms with Crippen molar-refractivity contribution in [3.8, 4) is 0 Å². The highest BCUT2D eigenvalue weighted by Gasteiger charge is 2.18. The molecule has 4 nitrogen and oxygen atoms in total. The van der Waals surface area contributed by atoms with Crippen molar-refractivity contribution in [3.63, 3.8) is 0 Å². The first-order valence-electron chi connectivity index (χ1n) is 5.43. The van der Waals surface area contributed by atoms with Gasteiger partial charge in [-0.25, -0.2) is 4.98 Å². The summed E-state index contributed by atoms with van der Waals surface area (Å²) in [5.41, 5.74) is 6.74. The van der Waals surface area contributed by atoms with E-state index in [0.29, 0.717) is 11.0 Å². The summed E-state index contributed by atoms with van der Waals surface area (Å²) in [6.07, 6.45) is 0. The average Bonchev–Trinajstić information content (AvgIpc) is 2.64. The van der Waals surface area contributed by atoms with Gasteiger partial charge in [0.1, 0.15) is 0 Å². The second kappa shape index (κ2) is 6.93. The van der Waals surface area contributed by atoms with E-state index < -0.39 is 6.04 Å². The van der Waals surface area contributed by atoms with E-state index in [1.807, 2.05) is 19.2 Å². The molecule has 98 valence electrons. The minimum absolute atomic E-state index is 0. The van der Waals surface area contributed by atoms with E-state index in [-0.39, 0.29) is 24.2 Å². The fourth-order valence-electron chi connectivity index (χ4n) is 1.10. The Morgan fingerprint density at radius 2 is 2.00 bits per heavy atom. The van der Waals surface area contributed by atoms with Crippen LogP contribution in [0.4, 0.5) is 5.13 Å². The highest BCUT2D eigenvalue weighted by atomic mass is 35.5. The SMILES string of the molecule is CC(C)c1csc(NC(=O)[C@@H](N)C(C)C)n1.Cl. The first kappa shape index (κ1) is 16.4. The van der Waals surface area contributed by atoms with Crippen molar-refractivity contribution in [1.82, 2.24) is 4.98 Å². The molecule has 0 radical (unpaired) electrons. The molecule has 0 aromatic carbocycles. The van der Waals surface area contributed by atoms with Crippen LogP contribution in [0.1, 0.15) is 39.3 Å². The van der Waals surface area contributed by atoms with Crippen LogP contribution in [-0.4, -0.2) is 16.9 Å². The van der Waals surface area contributed by atoms with Crippen LogP contribution >= 0.6 is 23.7 Å². The van der Waals surface area contributed by atoms with Gasteiger partial charge in [0.25, 0.3) is 0 Å². The van der Waals surface area contributed by atoms with Crippen LogP contribution in [0.15, 0.2) is 5.38 Å². The molecule has 0 aliphatic rings. The van der Waals surface area contributed by atoms with Crippen LogP contribution in [0.5, 0.6) is 0 Å². The molecule has 0 saturated carbocycles. The number of aromatic nitrogens is 1. The van der Waals surface area contributed by atoms with Crippen molar-refractivity contribution in [2.24, 2.45) is 11.7 Å². The smallest absolute Gasteiger partial charge is 0.243 e. The normalized spacial score (nSPS) is 12.4. The number of anilines is 1. The molecule has 1 amide bonds.